The first kappa shape index (κ1) is 89.0. The lowest BCUT2D eigenvalue weighted by atomic mass is 9.52. The molecule has 1 atom stereocenters. The number of rotatable bonds is 20. The van der Waals surface area contributed by atoms with Crippen molar-refractivity contribution >= 4 is 52.0 Å². The van der Waals surface area contributed by atoms with Gasteiger partial charge in [-0.2, -0.15) is 0 Å². The summed E-state index contributed by atoms with van der Waals surface area (Å²) in [6.07, 6.45) is 35.6. The molecular weight excluding hydrogens is 1540 g/mol. The number of nitrogens with zero attached hydrogens (tertiary/aromatic N) is 2. The predicted octanol–water partition coefficient (Wildman–Crippen LogP) is 20.8. The van der Waals surface area contributed by atoms with Crippen LogP contribution in [0.15, 0.2) is 121 Å². The topological polar surface area (TPSA) is 249 Å². The van der Waals surface area contributed by atoms with Gasteiger partial charge in [0.15, 0.2) is 0 Å². The van der Waals surface area contributed by atoms with E-state index < -0.39 is 17.2 Å². The summed E-state index contributed by atoms with van der Waals surface area (Å²) in [7, 11) is 5.87. The number of carboxylic acid groups (broad SMARTS) is 1. The zero-order valence-electron chi connectivity index (χ0n) is 72.0. The smallest absolute Gasteiger partial charge is 0.411 e. The molecule has 0 heterocycles. The van der Waals surface area contributed by atoms with Crippen LogP contribution in [0, 0.1) is 71.0 Å². The number of aromatic carboxylic acids is 1. The van der Waals surface area contributed by atoms with Gasteiger partial charge < -0.3 is 50.3 Å². The number of carbonyl (C=O) groups excluding carboxylic acids is 5. The fourth-order valence-corrected chi connectivity index (χ4v) is 24.8. The summed E-state index contributed by atoms with van der Waals surface area (Å²) in [5.74, 6) is 9.46. The number of amides is 2. The van der Waals surface area contributed by atoms with Crippen LogP contribution in [0.1, 0.15) is 291 Å². The number of benzene rings is 5. The number of nitrogens with two attached hydrogens (primary N) is 2. The Morgan fingerprint density at radius 3 is 1.09 bits per heavy atom. The van der Waals surface area contributed by atoms with Gasteiger partial charge in [-0.15, -0.1) is 0 Å². The Morgan fingerprint density at radius 2 is 0.786 bits per heavy atom. The molecule has 5 aromatic rings. The van der Waals surface area contributed by atoms with Crippen molar-refractivity contribution < 1.29 is 62.3 Å². The van der Waals surface area contributed by atoms with E-state index in [-0.39, 0.29) is 52.8 Å². The number of alkyl halides is 1. The second kappa shape index (κ2) is 38.6. The van der Waals surface area contributed by atoms with Crippen LogP contribution in [0.5, 0.6) is 5.75 Å². The summed E-state index contributed by atoms with van der Waals surface area (Å²) in [5.41, 5.74) is 19.4. The highest BCUT2D eigenvalue weighted by Gasteiger charge is 2.58. The average molecular weight is 1670 g/mol. The molecule has 0 spiro atoms. The molecule has 16 aliphatic carbocycles. The van der Waals surface area contributed by atoms with E-state index in [1.54, 1.807) is 43.5 Å². The highest BCUT2D eigenvalue weighted by molar-refractivity contribution is 9.08. The van der Waals surface area contributed by atoms with Crippen LogP contribution in [0.4, 0.5) is 9.59 Å². The molecule has 2 amide bonds. The molecule has 0 saturated heterocycles. The normalized spacial score (nSPS) is 29.8. The van der Waals surface area contributed by atoms with Crippen LogP contribution in [-0.4, -0.2) is 119 Å². The van der Waals surface area contributed by atoms with Gasteiger partial charge in [-0.05, 0) is 368 Å². The van der Waals surface area contributed by atoms with Gasteiger partial charge >= 0.3 is 36.1 Å². The molecule has 21 rings (SSSR count). The number of methoxy groups -OCH3 is 4. The van der Waals surface area contributed by atoms with Gasteiger partial charge in [-0.3, -0.25) is 9.80 Å². The number of hydrogen-bond acceptors (Lipinski definition) is 15. The number of carbonyl (C=O) groups is 6. The Labute approximate surface area is 705 Å². The third-order valence-corrected chi connectivity index (χ3v) is 28.5. The third kappa shape index (κ3) is 23.7. The van der Waals surface area contributed by atoms with E-state index >= 15 is 0 Å². The number of carboxylic acids is 1. The summed E-state index contributed by atoms with van der Waals surface area (Å²) in [5, 5.41) is 13.8. The molecule has 16 bridgehead atoms. The van der Waals surface area contributed by atoms with Crippen LogP contribution < -0.4 is 21.5 Å². The van der Waals surface area contributed by atoms with E-state index in [1.807, 2.05) is 124 Å². The van der Waals surface area contributed by atoms with Crippen LogP contribution >= 0.6 is 15.9 Å². The summed E-state index contributed by atoms with van der Waals surface area (Å²) in [4.78, 5) is 75.9. The SMILES string of the molecule is CC(C)(C)OC(=O)N(Cc1ccc(C(=O)O)cc1)C12CC3CC(CC(C3)C1)C2.CCCC[C@H](N)Cc1cccc(OC)c1.COC(=O)c1ccc(CBr)cc1.COC(=O)c1ccc(CN(C(=O)OC(C)(C)C)C23CC4CC(CC(C4)C2)C3)cc1.COC(=O)c1ccc(CNC23CC4CC(CC(C4)C2)C3)cc1.NC12CC3CC(CC(C3)C1)C2. The predicted molar refractivity (Wildman–Crippen MR) is 462 cm³/mol. The summed E-state index contributed by atoms with van der Waals surface area (Å²) in [6.45, 7) is 15.6. The van der Waals surface area contributed by atoms with Gasteiger partial charge in [-0.1, -0.05) is 96.4 Å². The number of halogens is 1. The van der Waals surface area contributed by atoms with Crippen LogP contribution in [-0.2, 0) is 55.1 Å². The molecule has 16 fully saturated rings. The fraction of sp³-hybridized carbons (Fsp3) is 0.633. The summed E-state index contributed by atoms with van der Waals surface area (Å²) >= 11 is 3.32. The Kier molecular flexibility index (Phi) is 29.3. The van der Waals surface area contributed by atoms with Crippen LogP contribution in [0.25, 0.3) is 0 Å². The molecule has 0 radical (unpaired) electrons. The maximum Gasteiger partial charge on any atom is 0.411 e. The minimum atomic E-state index is -0.934. The lowest BCUT2D eigenvalue weighted by Crippen LogP contribution is -2.61. The Bertz CT molecular complexity index is 4010. The van der Waals surface area contributed by atoms with E-state index in [1.165, 1.54) is 161 Å². The summed E-state index contributed by atoms with van der Waals surface area (Å²) in [6, 6.07) is 37.8. The third-order valence-electron chi connectivity index (χ3n) is 27.9. The Balaban J connectivity index is 0.000000134. The molecule has 16 aliphatic rings. The maximum absolute atomic E-state index is 13.3. The van der Waals surface area contributed by atoms with Crippen LogP contribution in [0.2, 0.25) is 0 Å². The van der Waals surface area contributed by atoms with Gasteiger partial charge in [0, 0.05) is 53.2 Å². The first-order valence-corrected chi connectivity index (χ1v) is 45.2. The van der Waals surface area contributed by atoms with Crippen molar-refractivity contribution in [1.82, 2.24) is 15.1 Å². The molecule has 5 aromatic carbocycles. The molecule has 0 aliphatic heterocycles. The van der Waals surface area contributed by atoms with E-state index in [4.69, 9.17) is 40.3 Å². The second-order valence-electron chi connectivity index (χ2n) is 39.9. The zero-order chi connectivity index (χ0) is 83.6. The van der Waals surface area contributed by atoms with E-state index in [2.05, 4.69) is 45.0 Å². The maximum atomic E-state index is 13.3. The molecule has 19 heteroatoms. The van der Waals surface area contributed by atoms with Crippen molar-refractivity contribution in [2.75, 3.05) is 28.4 Å². The number of unbranched alkanes of at least 4 members (excludes halogenated alkanes) is 1. The lowest BCUT2D eigenvalue weighted by molar-refractivity contribution is -0.0939. The van der Waals surface area contributed by atoms with E-state index in [9.17, 15) is 28.8 Å². The van der Waals surface area contributed by atoms with Gasteiger partial charge in [0.2, 0.25) is 0 Å². The van der Waals surface area contributed by atoms with Crippen molar-refractivity contribution in [3.8, 4) is 5.75 Å². The average Bonchev–Trinajstić information content (AvgIpc) is 0.737. The molecule has 117 heavy (non-hydrogen) atoms. The zero-order valence-corrected chi connectivity index (χ0v) is 73.5. The first-order valence-electron chi connectivity index (χ1n) is 44.1. The molecule has 0 unspecified atom stereocenters. The molecule has 18 nitrogen and oxygen atoms in total. The highest BCUT2D eigenvalue weighted by Crippen LogP contribution is 2.61. The first-order chi connectivity index (χ1) is 55.7. The van der Waals surface area contributed by atoms with Crippen molar-refractivity contribution in [2.45, 2.75) is 293 Å². The largest absolute Gasteiger partial charge is 0.497 e. The fourth-order valence-electron chi connectivity index (χ4n) is 24.4. The van der Waals surface area contributed by atoms with Gasteiger partial charge in [0.05, 0.1) is 50.7 Å². The highest BCUT2D eigenvalue weighted by atomic mass is 79.9. The Morgan fingerprint density at radius 1 is 0.462 bits per heavy atom. The number of nitrogens with one attached hydrogen (secondary N) is 1. The van der Waals surface area contributed by atoms with Crippen molar-refractivity contribution in [3.05, 3.63) is 171 Å². The molecule has 16 saturated carbocycles. The van der Waals surface area contributed by atoms with Crippen molar-refractivity contribution in [3.63, 3.8) is 0 Å². The van der Waals surface area contributed by atoms with E-state index in [0.717, 1.165) is 157 Å². The van der Waals surface area contributed by atoms with Gasteiger partial charge in [-0.25, -0.2) is 28.8 Å². The molecule has 638 valence electrons. The molecule has 0 aromatic heterocycles. The van der Waals surface area contributed by atoms with Crippen LogP contribution in [0.3, 0.4) is 0 Å². The number of esters is 3. The van der Waals surface area contributed by atoms with E-state index in [0.29, 0.717) is 40.9 Å². The standard InChI is InChI=1S/C24H33NO4.C23H31NO4.C19H25NO2.C13H21NO.C10H17N.C9H9BrO2/c1-23(2,3)29-22(27)25(15-16-5-7-20(8-6-16)21(26)28-4)24-12-17-9-18(13-24)11-19(10-17)14-24;1-22(2,3)28-21(27)24(14-15-4-6-19(7-5-15)20(25)26)23-11-16-8-17(12-23)10-18(9-16)13-23;1-22-18(21)17-4-2-13(3-5-17)12-20-19-9-14-6-15(10-19)8-16(7-14)11-19;1-3-4-7-12(14)9-11-6-5-8-13(10-11)15-2;11-10-4-7-1-8(5-10)3-9(2-7)6-10;1-12-9(11)8-4-2-7(6-10)3-5-8/h5-8,17-19H,9-15H2,1-4H3;4-7,16-18H,8-14H2,1-3H3,(H,25,26);2-5,14-16,20H,6-12H2,1H3;5-6,8,10,12H,3-4,7,9,14H2,1-2H3;7-9H,1-6,11H2;2-5H,6H2,1H3/t;;;12-;;/m...0../s1. The monoisotopic (exact) mass is 1670 g/mol. The minimum absolute atomic E-state index is 0.0852. The van der Waals surface area contributed by atoms with Crippen molar-refractivity contribution in [2.24, 2.45) is 82.5 Å². The van der Waals surface area contributed by atoms with Gasteiger partial charge in [0.1, 0.15) is 17.0 Å². The number of ether oxygens (including phenoxy) is 6. The Hall–Kier alpha value is -7.32. The second-order valence-corrected chi connectivity index (χ2v) is 40.5. The van der Waals surface area contributed by atoms with Crippen molar-refractivity contribution in [1.29, 1.82) is 0 Å². The quantitative estimate of drug-likeness (QED) is 0.0321. The number of hydrogen-bond donors (Lipinski definition) is 4. The lowest BCUT2D eigenvalue weighted by Gasteiger charge is -2.60. The summed E-state index contributed by atoms with van der Waals surface area (Å²) < 4.78 is 30.9. The van der Waals surface area contributed by atoms with Gasteiger partial charge in [0.25, 0.3) is 0 Å². The molecule has 6 N–H and O–H groups in total. The minimum Gasteiger partial charge on any atom is -0.497 e. The molecular formula is C98H136BrN5O13.